The molecule has 1 rings (SSSR count). The number of nitrogens with zero attached hydrogens (tertiary/aromatic N) is 1. The van der Waals surface area contributed by atoms with Gasteiger partial charge in [0.05, 0.1) is 6.54 Å². The van der Waals surface area contributed by atoms with Gasteiger partial charge in [-0.05, 0) is 45.3 Å². The largest absolute Gasteiger partial charge is 0.338 e. The zero-order valence-electron chi connectivity index (χ0n) is 12.0. The molecule has 0 atom stereocenters. The molecule has 1 fully saturated rings. The number of carbonyl (C=O) groups excluding carboxylic acids is 2. The van der Waals surface area contributed by atoms with E-state index >= 15 is 0 Å². The Labute approximate surface area is 115 Å². The summed E-state index contributed by atoms with van der Waals surface area (Å²) in [6.45, 7) is 5.85. The maximum absolute atomic E-state index is 11.6. The lowest BCUT2D eigenvalue weighted by molar-refractivity contribution is -0.121. The summed E-state index contributed by atoms with van der Waals surface area (Å²) < 4.78 is 0. The van der Waals surface area contributed by atoms with Gasteiger partial charge in [-0.15, -0.1) is 0 Å². The van der Waals surface area contributed by atoms with E-state index in [0.717, 1.165) is 38.9 Å². The van der Waals surface area contributed by atoms with Crippen molar-refractivity contribution in [2.24, 2.45) is 5.92 Å². The Kier molecular flexibility index (Phi) is 7.43. The summed E-state index contributed by atoms with van der Waals surface area (Å²) in [5.74, 6) is 0.401. The highest BCUT2D eigenvalue weighted by Crippen LogP contribution is 2.12. The van der Waals surface area contributed by atoms with Crippen LogP contribution < -0.4 is 16.0 Å². The Bertz CT molecular complexity index is 290. The van der Waals surface area contributed by atoms with Gasteiger partial charge in [0.1, 0.15) is 0 Å². The highest BCUT2D eigenvalue weighted by molar-refractivity contribution is 5.95. The van der Waals surface area contributed by atoms with Crippen molar-refractivity contribution in [1.29, 1.82) is 0 Å². The van der Waals surface area contributed by atoms with Gasteiger partial charge < -0.3 is 10.6 Å². The Morgan fingerprint density at radius 2 is 2.00 bits per heavy atom. The zero-order chi connectivity index (χ0) is 14.1. The van der Waals surface area contributed by atoms with Gasteiger partial charge in [-0.3, -0.25) is 15.0 Å². The van der Waals surface area contributed by atoms with Crippen LogP contribution in [-0.2, 0) is 4.79 Å². The molecule has 6 heteroatoms. The van der Waals surface area contributed by atoms with Gasteiger partial charge in [0.2, 0.25) is 5.91 Å². The number of nitrogens with one attached hydrogen (secondary N) is 3. The normalized spacial score (nSPS) is 16.4. The minimum atomic E-state index is -0.401. The van der Waals surface area contributed by atoms with E-state index in [0.29, 0.717) is 12.5 Å². The number of likely N-dealkylation sites (N-methyl/N-ethyl adjacent to an activating group) is 1. The molecule has 1 aliphatic heterocycles. The molecule has 0 aliphatic carbocycles. The van der Waals surface area contributed by atoms with Crippen LogP contribution in [0.5, 0.6) is 0 Å². The van der Waals surface area contributed by atoms with E-state index in [-0.39, 0.29) is 12.5 Å². The first-order valence-corrected chi connectivity index (χ1v) is 7.08. The van der Waals surface area contributed by atoms with Crippen molar-refractivity contribution in [3.63, 3.8) is 0 Å². The Morgan fingerprint density at radius 1 is 1.32 bits per heavy atom. The molecule has 19 heavy (non-hydrogen) atoms. The molecule has 0 radical (unpaired) electrons. The Balaban J connectivity index is 2.17. The van der Waals surface area contributed by atoms with Crippen LogP contribution in [0.25, 0.3) is 0 Å². The molecule has 3 amide bonds. The molecular formula is C13H26N4O2. The lowest BCUT2D eigenvalue weighted by atomic mass is 9.98. The monoisotopic (exact) mass is 270 g/mol. The third-order valence-electron chi connectivity index (χ3n) is 3.23. The Hall–Kier alpha value is -1.14. The maximum Gasteiger partial charge on any atom is 0.321 e. The van der Waals surface area contributed by atoms with Crippen molar-refractivity contribution in [3.05, 3.63) is 0 Å². The number of carbonyl (C=O) groups is 2. The minimum absolute atomic E-state index is 0.245. The summed E-state index contributed by atoms with van der Waals surface area (Å²) in [4.78, 5) is 24.9. The SMILES string of the molecule is CCCNC(=O)NC(=O)CN(C)CC1CCNCC1. The topological polar surface area (TPSA) is 73.5 Å². The van der Waals surface area contributed by atoms with Crippen molar-refractivity contribution in [3.8, 4) is 0 Å². The number of imide groups is 1. The third kappa shape index (κ3) is 7.12. The quantitative estimate of drug-likeness (QED) is 0.642. The number of hydrogen-bond donors (Lipinski definition) is 3. The number of hydrogen-bond acceptors (Lipinski definition) is 4. The van der Waals surface area contributed by atoms with Crippen LogP contribution in [0, 0.1) is 5.92 Å². The first-order valence-electron chi connectivity index (χ1n) is 7.08. The number of rotatable bonds is 6. The summed E-state index contributed by atoms with van der Waals surface area (Å²) in [5, 5.41) is 8.28. The van der Waals surface area contributed by atoms with Gasteiger partial charge in [-0.1, -0.05) is 6.92 Å². The molecule has 110 valence electrons. The molecule has 1 aliphatic rings. The first-order chi connectivity index (χ1) is 9.11. The first kappa shape index (κ1) is 15.9. The fraction of sp³-hybridized carbons (Fsp3) is 0.846. The Morgan fingerprint density at radius 3 is 2.63 bits per heavy atom. The molecule has 1 saturated heterocycles. The smallest absolute Gasteiger partial charge is 0.321 e. The van der Waals surface area contributed by atoms with Gasteiger partial charge in [-0.25, -0.2) is 4.79 Å². The molecule has 0 unspecified atom stereocenters. The van der Waals surface area contributed by atoms with Crippen molar-refractivity contribution in [2.45, 2.75) is 26.2 Å². The maximum atomic E-state index is 11.6. The van der Waals surface area contributed by atoms with Crippen molar-refractivity contribution in [1.82, 2.24) is 20.9 Å². The standard InChI is InChI=1S/C13H26N4O2/c1-3-6-15-13(19)16-12(18)10-17(2)9-11-4-7-14-8-5-11/h11,14H,3-10H2,1-2H3,(H2,15,16,18,19). The molecular weight excluding hydrogens is 244 g/mol. The number of amides is 3. The van der Waals surface area contributed by atoms with E-state index in [9.17, 15) is 9.59 Å². The van der Waals surface area contributed by atoms with Crippen LogP contribution in [0.15, 0.2) is 0 Å². The van der Waals surface area contributed by atoms with E-state index in [4.69, 9.17) is 0 Å². The summed E-state index contributed by atoms with van der Waals surface area (Å²) in [6, 6.07) is -0.401. The molecule has 0 spiro atoms. The average Bonchev–Trinajstić information content (AvgIpc) is 2.37. The second kappa shape index (κ2) is 8.87. The molecule has 0 aromatic carbocycles. The lowest BCUT2D eigenvalue weighted by Gasteiger charge is -2.27. The predicted molar refractivity (Wildman–Crippen MR) is 74.9 cm³/mol. The summed E-state index contributed by atoms with van der Waals surface area (Å²) in [6.07, 6.45) is 3.17. The fourth-order valence-corrected chi connectivity index (χ4v) is 2.26. The van der Waals surface area contributed by atoms with E-state index < -0.39 is 6.03 Å². The third-order valence-corrected chi connectivity index (χ3v) is 3.23. The van der Waals surface area contributed by atoms with E-state index in [1.807, 2.05) is 18.9 Å². The van der Waals surface area contributed by atoms with Gasteiger partial charge in [0.15, 0.2) is 0 Å². The van der Waals surface area contributed by atoms with Crippen molar-refractivity contribution in [2.75, 3.05) is 39.8 Å². The zero-order valence-corrected chi connectivity index (χ0v) is 12.0. The van der Waals surface area contributed by atoms with Crippen molar-refractivity contribution < 1.29 is 9.59 Å². The van der Waals surface area contributed by atoms with Gasteiger partial charge in [0, 0.05) is 13.1 Å². The van der Waals surface area contributed by atoms with Gasteiger partial charge in [0.25, 0.3) is 0 Å². The lowest BCUT2D eigenvalue weighted by Crippen LogP contribution is -2.45. The van der Waals surface area contributed by atoms with Crippen LogP contribution in [-0.4, -0.2) is 56.6 Å². The van der Waals surface area contributed by atoms with Crippen LogP contribution in [0.1, 0.15) is 26.2 Å². The van der Waals surface area contributed by atoms with E-state index in [1.54, 1.807) is 0 Å². The van der Waals surface area contributed by atoms with Crippen molar-refractivity contribution >= 4 is 11.9 Å². The van der Waals surface area contributed by atoms with E-state index in [2.05, 4.69) is 16.0 Å². The van der Waals surface area contributed by atoms with Crippen LogP contribution in [0.2, 0.25) is 0 Å². The summed E-state index contributed by atoms with van der Waals surface area (Å²) in [5.41, 5.74) is 0. The van der Waals surface area contributed by atoms with Crippen LogP contribution >= 0.6 is 0 Å². The van der Waals surface area contributed by atoms with Gasteiger partial charge in [-0.2, -0.15) is 0 Å². The van der Waals surface area contributed by atoms with E-state index in [1.165, 1.54) is 0 Å². The summed E-state index contributed by atoms with van der Waals surface area (Å²) >= 11 is 0. The predicted octanol–water partition coefficient (Wildman–Crippen LogP) is 0.154. The second-order valence-electron chi connectivity index (χ2n) is 5.19. The molecule has 6 nitrogen and oxygen atoms in total. The van der Waals surface area contributed by atoms with Gasteiger partial charge >= 0.3 is 6.03 Å². The van der Waals surface area contributed by atoms with Crippen LogP contribution in [0.3, 0.4) is 0 Å². The molecule has 0 aromatic heterocycles. The minimum Gasteiger partial charge on any atom is -0.338 e. The highest BCUT2D eigenvalue weighted by atomic mass is 16.2. The number of urea groups is 1. The molecule has 3 N–H and O–H groups in total. The van der Waals surface area contributed by atoms with Crippen LogP contribution in [0.4, 0.5) is 4.79 Å². The average molecular weight is 270 g/mol. The number of piperidine rings is 1. The highest BCUT2D eigenvalue weighted by Gasteiger charge is 2.17. The molecule has 0 bridgehead atoms. The second-order valence-corrected chi connectivity index (χ2v) is 5.19. The molecule has 0 saturated carbocycles. The molecule has 0 aromatic rings. The molecule has 1 heterocycles. The summed E-state index contributed by atoms with van der Waals surface area (Å²) in [7, 11) is 1.92. The fourth-order valence-electron chi connectivity index (χ4n) is 2.26.